The lowest BCUT2D eigenvalue weighted by atomic mass is 10.1. The second-order valence-electron chi connectivity index (χ2n) is 5.38. The highest BCUT2D eigenvalue weighted by Crippen LogP contribution is 2.20. The van der Waals surface area contributed by atoms with Crippen molar-refractivity contribution in [2.75, 3.05) is 40.8 Å². The zero-order chi connectivity index (χ0) is 15.0. The Hall–Kier alpha value is -1.10. The number of nitrogens with two attached hydrogens (primary N) is 1. The van der Waals surface area contributed by atoms with Crippen LogP contribution >= 0.6 is 0 Å². The van der Waals surface area contributed by atoms with Gasteiger partial charge < -0.3 is 15.4 Å². The summed E-state index contributed by atoms with van der Waals surface area (Å²) in [7, 11) is 5.92. The molecule has 0 spiro atoms. The van der Waals surface area contributed by atoms with Crippen LogP contribution in [0, 0.1) is 0 Å². The number of hydrogen-bond donors (Lipinski definition) is 1. The summed E-state index contributed by atoms with van der Waals surface area (Å²) in [6.07, 6.45) is 1.20. The van der Waals surface area contributed by atoms with E-state index in [0.717, 1.165) is 37.5 Å². The van der Waals surface area contributed by atoms with Crippen LogP contribution in [0.25, 0.3) is 0 Å². The van der Waals surface area contributed by atoms with Crippen LogP contribution in [0.3, 0.4) is 0 Å². The molecule has 4 heteroatoms. The minimum absolute atomic E-state index is 0.518. The Morgan fingerprint density at radius 3 is 2.50 bits per heavy atom. The molecule has 4 nitrogen and oxygen atoms in total. The first-order chi connectivity index (χ1) is 9.60. The average Bonchev–Trinajstić information content (AvgIpc) is 2.45. The molecule has 20 heavy (non-hydrogen) atoms. The van der Waals surface area contributed by atoms with Gasteiger partial charge in [0.25, 0.3) is 0 Å². The molecule has 0 aliphatic rings. The molecule has 0 aromatic heterocycles. The Morgan fingerprint density at radius 1 is 1.20 bits per heavy atom. The molecule has 2 N–H and O–H groups in total. The molecule has 0 aliphatic carbocycles. The van der Waals surface area contributed by atoms with E-state index >= 15 is 0 Å². The van der Waals surface area contributed by atoms with E-state index in [1.54, 1.807) is 7.11 Å². The lowest BCUT2D eigenvalue weighted by molar-refractivity contribution is 0.259. The Kier molecular flexibility index (Phi) is 7.59. The number of ether oxygens (including phenoxy) is 1. The fourth-order valence-corrected chi connectivity index (χ4v) is 2.31. The maximum atomic E-state index is 5.77. The fourth-order valence-electron chi connectivity index (χ4n) is 2.31. The lowest BCUT2D eigenvalue weighted by Crippen LogP contribution is -2.27. The molecule has 0 saturated heterocycles. The topological polar surface area (TPSA) is 41.7 Å². The second kappa shape index (κ2) is 8.95. The molecule has 114 valence electrons. The van der Waals surface area contributed by atoms with Gasteiger partial charge in [0.2, 0.25) is 0 Å². The molecule has 1 rings (SSSR count). The van der Waals surface area contributed by atoms with E-state index in [1.807, 2.05) is 6.07 Å². The summed E-state index contributed by atoms with van der Waals surface area (Å²) in [6, 6.07) is 6.31. The fraction of sp³-hybridized carbons (Fsp3) is 0.625. The second-order valence-corrected chi connectivity index (χ2v) is 5.38. The molecular weight excluding hydrogens is 250 g/mol. The third kappa shape index (κ3) is 5.49. The molecule has 0 amide bonds. The van der Waals surface area contributed by atoms with Crippen molar-refractivity contribution in [1.82, 2.24) is 9.80 Å². The molecular formula is C16H29N3O. The summed E-state index contributed by atoms with van der Waals surface area (Å²) in [5, 5.41) is 0. The minimum atomic E-state index is 0.518. The monoisotopic (exact) mass is 279 g/mol. The molecule has 0 fully saturated rings. The highest BCUT2D eigenvalue weighted by Gasteiger charge is 2.07. The van der Waals surface area contributed by atoms with E-state index in [-0.39, 0.29) is 0 Å². The van der Waals surface area contributed by atoms with Crippen LogP contribution in [0.15, 0.2) is 18.2 Å². The number of rotatable bonds is 9. The van der Waals surface area contributed by atoms with Crippen molar-refractivity contribution in [3.8, 4) is 5.75 Å². The van der Waals surface area contributed by atoms with Crippen LogP contribution < -0.4 is 10.5 Å². The largest absolute Gasteiger partial charge is 0.496 e. The molecule has 0 radical (unpaired) electrons. The summed E-state index contributed by atoms with van der Waals surface area (Å²) in [5.41, 5.74) is 8.15. The SMILES string of the molecule is CCN(CCCN(C)C)Cc1ccc(OC)c(CN)c1. The number of methoxy groups -OCH3 is 1. The van der Waals surface area contributed by atoms with Crippen molar-refractivity contribution in [3.05, 3.63) is 29.3 Å². The van der Waals surface area contributed by atoms with Crippen LogP contribution in [0.5, 0.6) is 5.75 Å². The third-order valence-corrected chi connectivity index (χ3v) is 3.50. The van der Waals surface area contributed by atoms with Crippen LogP contribution in [-0.2, 0) is 13.1 Å². The van der Waals surface area contributed by atoms with E-state index in [4.69, 9.17) is 10.5 Å². The van der Waals surface area contributed by atoms with Crippen molar-refractivity contribution >= 4 is 0 Å². The standard InChI is InChI=1S/C16H29N3O/c1-5-19(10-6-9-18(2)3)13-14-7-8-16(20-4)15(11-14)12-17/h7-8,11H,5-6,9-10,12-13,17H2,1-4H3. The lowest BCUT2D eigenvalue weighted by Gasteiger charge is -2.22. The van der Waals surface area contributed by atoms with Crippen LogP contribution in [0.1, 0.15) is 24.5 Å². The maximum Gasteiger partial charge on any atom is 0.123 e. The Balaban J connectivity index is 2.60. The molecule has 1 aromatic rings. The van der Waals surface area contributed by atoms with Gasteiger partial charge in [-0.2, -0.15) is 0 Å². The molecule has 0 bridgehead atoms. The van der Waals surface area contributed by atoms with Crippen molar-refractivity contribution in [2.24, 2.45) is 5.73 Å². The maximum absolute atomic E-state index is 5.77. The van der Waals surface area contributed by atoms with Gasteiger partial charge in [0.1, 0.15) is 5.75 Å². The van der Waals surface area contributed by atoms with E-state index in [2.05, 4.69) is 43.0 Å². The van der Waals surface area contributed by atoms with Gasteiger partial charge in [-0.05, 0) is 57.8 Å². The van der Waals surface area contributed by atoms with E-state index in [9.17, 15) is 0 Å². The smallest absolute Gasteiger partial charge is 0.123 e. The van der Waals surface area contributed by atoms with Crippen LogP contribution in [-0.4, -0.2) is 50.6 Å². The van der Waals surface area contributed by atoms with Gasteiger partial charge in [-0.25, -0.2) is 0 Å². The van der Waals surface area contributed by atoms with Crippen molar-refractivity contribution < 1.29 is 4.74 Å². The van der Waals surface area contributed by atoms with E-state index in [0.29, 0.717) is 6.54 Å². The van der Waals surface area contributed by atoms with E-state index < -0.39 is 0 Å². The predicted molar refractivity (Wildman–Crippen MR) is 85.0 cm³/mol. The quantitative estimate of drug-likeness (QED) is 0.750. The van der Waals surface area contributed by atoms with Crippen molar-refractivity contribution in [3.63, 3.8) is 0 Å². The minimum Gasteiger partial charge on any atom is -0.496 e. The number of hydrogen-bond acceptors (Lipinski definition) is 4. The first kappa shape index (κ1) is 17.0. The normalized spacial score (nSPS) is 11.3. The molecule has 0 heterocycles. The summed E-state index contributed by atoms with van der Waals surface area (Å²) >= 11 is 0. The summed E-state index contributed by atoms with van der Waals surface area (Å²) < 4.78 is 5.31. The molecule has 0 unspecified atom stereocenters. The van der Waals surface area contributed by atoms with Gasteiger partial charge in [-0.3, -0.25) is 4.90 Å². The molecule has 0 aliphatic heterocycles. The molecule has 1 aromatic carbocycles. The van der Waals surface area contributed by atoms with Crippen LogP contribution in [0.2, 0.25) is 0 Å². The Labute approximate surface area is 123 Å². The van der Waals surface area contributed by atoms with Gasteiger partial charge in [-0.1, -0.05) is 13.0 Å². The van der Waals surface area contributed by atoms with E-state index in [1.165, 1.54) is 12.0 Å². The number of nitrogens with zero attached hydrogens (tertiary/aromatic N) is 2. The van der Waals surface area contributed by atoms with Gasteiger partial charge in [0.15, 0.2) is 0 Å². The molecule has 0 saturated carbocycles. The van der Waals surface area contributed by atoms with Gasteiger partial charge in [0.05, 0.1) is 7.11 Å². The van der Waals surface area contributed by atoms with Crippen molar-refractivity contribution in [2.45, 2.75) is 26.4 Å². The van der Waals surface area contributed by atoms with Crippen molar-refractivity contribution in [1.29, 1.82) is 0 Å². The Bertz CT molecular complexity index is 393. The molecule has 0 atom stereocenters. The van der Waals surface area contributed by atoms with Crippen LogP contribution in [0.4, 0.5) is 0 Å². The summed E-state index contributed by atoms with van der Waals surface area (Å²) in [5.74, 6) is 0.881. The predicted octanol–water partition coefficient (Wildman–Crippen LogP) is 1.93. The zero-order valence-electron chi connectivity index (χ0n) is 13.4. The highest BCUT2D eigenvalue weighted by atomic mass is 16.5. The first-order valence-corrected chi connectivity index (χ1v) is 7.33. The average molecular weight is 279 g/mol. The van der Waals surface area contributed by atoms with Gasteiger partial charge in [0, 0.05) is 18.7 Å². The number of benzene rings is 1. The summed E-state index contributed by atoms with van der Waals surface area (Å²) in [6.45, 7) is 7.02. The summed E-state index contributed by atoms with van der Waals surface area (Å²) in [4.78, 5) is 4.69. The van der Waals surface area contributed by atoms with Gasteiger partial charge >= 0.3 is 0 Å². The Morgan fingerprint density at radius 2 is 1.95 bits per heavy atom. The third-order valence-electron chi connectivity index (χ3n) is 3.50. The zero-order valence-corrected chi connectivity index (χ0v) is 13.4. The highest BCUT2D eigenvalue weighted by molar-refractivity contribution is 5.37. The first-order valence-electron chi connectivity index (χ1n) is 7.33. The van der Waals surface area contributed by atoms with Gasteiger partial charge in [-0.15, -0.1) is 0 Å².